The molecule has 0 unspecified atom stereocenters. The van der Waals surface area contributed by atoms with Crippen molar-refractivity contribution in [3.63, 3.8) is 0 Å². The fourth-order valence-electron chi connectivity index (χ4n) is 2.15. The summed E-state index contributed by atoms with van der Waals surface area (Å²) in [6, 6.07) is 14.8. The maximum Gasteiger partial charge on any atom is 0.348 e. The van der Waals surface area contributed by atoms with Crippen molar-refractivity contribution in [3.05, 3.63) is 69.2 Å². The highest BCUT2D eigenvalue weighted by Gasteiger charge is 2.22. The van der Waals surface area contributed by atoms with Crippen LogP contribution in [-0.4, -0.2) is 18.4 Å². The molecule has 1 aromatic carbocycles. The van der Waals surface area contributed by atoms with Crippen LogP contribution in [0.1, 0.15) is 31.8 Å². The normalized spacial score (nSPS) is 10.4. The van der Waals surface area contributed by atoms with Gasteiger partial charge in [0, 0.05) is 5.69 Å². The van der Waals surface area contributed by atoms with Crippen molar-refractivity contribution >= 4 is 45.1 Å². The minimum atomic E-state index is -0.413. The van der Waals surface area contributed by atoms with Gasteiger partial charge in [0.2, 0.25) is 5.78 Å². The third-order valence-electron chi connectivity index (χ3n) is 3.23. The second kappa shape index (κ2) is 7.42. The number of carbonyl (C=O) groups excluding carboxylic acids is 2. The molecule has 0 spiro atoms. The molecule has 0 saturated heterocycles. The largest absolute Gasteiger partial charge is 0.462 e. The van der Waals surface area contributed by atoms with E-state index in [1.54, 1.807) is 19.1 Å². The third kappa shape index (κ3) is 3.55. The van der Waals surface area contributed by atoms with Crippen LogP contribution in [0.4, 0.5) is 10.7 Å². The van der Waals surface area contributed by atoms with Gasteiger partial charge in [0.05, 0.1) is 17.0 Å². The van der Waals surface area contributed by atoms with Gasteiger partial charge >= 0.3 is 5.97 Å². The molecule has 24 heavy (non-hydrogen) atoms. The molecular formula is C18H15NO3S2. The van der Waals surface area contributed by atoms with E-state index in [4.69, 9.17) is 4.74 Å². The van der Waals surface area contributed by atoms with Crippen molar-refractivity contribution in [2.24, 2.45) is 0 Å². The number of ether oxygens (including phenoxy) is 1. The fourth-order valence-corrected chi connectivity index (χ4v) is 3.80. The zero-order valence-electron chi connectivity index (χ0n) is 12.9. The maximum absolute atomic E-state index is 12.7. The van der Waals surface area contributed by atoms with Gasteiger partial charge in [-0.15, -0.1) is 22.7 Å². The molecule has 2 heterocycles. The lowest BCUT2D eigenvalue weighted by atomic mass is 10.1. The van der Waals surface area contributed by atoms with Crippen LogP contribution in [0.2, 0.25) is 0 Å². The second-order valence-electron chi connectivity index (χ2n) is 4.87. The molecule has 0 bridgehead atoms. The molecule has 0 radical (unpaired) electrons. The Hall–Kier alpha value is -2.44. The van der Waals surface area contributed by atoms with Crippen molar-refractivity contribution in [1.82, 2.24) is 0 Å². The number of ketones is 1. The van der Waals surface area contributed by atoms with E-state index >= 15 is 0 Å². The van der Waals surface area contributed by atoms with E-state index < -0.39 is 5.97 Å². The van der Waals surface area contributed by atoms with Crippen LogP contribution in [0.15, 0.2) is 53.9 Å². The highest BCUT2D eigenvalue weighted by Crippen LogP contribution is 2.33. The van der Waals surface area contributed by atoms with Gasteiger partial charge in [-0.3, -0.25) is 4.79 Å². The average molecular weight is 357 g/mol. The smallest absolute Gasteiger partial charge is 0.348 e. The van der Waals surface area contributed by atoms with E-state index in [0.717, 1.165) is 5.69 Å². The first kappa shape index (κ1) is 16.4. The lowest BCUT2D eigenvalue weighted by Crippen LogP contribution is -2.03. The number of rotatable bonds is 6. The van der Waals surface area contributed by atoms with Gasteiger partial charge in [0.25, 0.3) is 0 Å². The van der Waals surface area contributed by atoms with Crippen LogP contribution >= 0.6 is 22.7 Å². The molecule has 2 aromatic heterocycles. The number of hydrogen-bond acceptors (Lipinski definition) is 6. The second-order valence-corrected chi connectivity index (χ2v) is 6.87. The predicted molar refractivity (Wildman–Crippen MR) is 97.8 cm³/mol. The molecule has 0 aliphatic carbocycles. The van der Waals surface area contributed by atoms with Gasteiger partial charge in [-0.2, -0.15) is 0 Å². The molecule has 0 aliphatic rings. The van der Waals surface area contributed by atoms with Crippen LogP contribution in [0.3, 0.4) is 0 Å². The molecule has 0 amide bonds. The molecule has 0 atom stereocenters. The molecule has 1 N–H and O–H groups in total. The van der Waals surface area contributed by atoms with Gasteiger partial charge in [0.1, 0.15) is 9.88 Å². The van der Waals surface area contributed by atoms with Crippen molar-refractivity contribution in [2.75, 3.05) is 11.9 Å². The van der Waals surface area contributed by atoms with Crippen LogP contribution in [-0.2, 0) is 4.74 Å². The third-order valence-corrected chi connectivity index (χ3v) is 5.13. The van der Waals surface area contributed by atoms with E-state index in [1.807, 2.05) is 41.8 Å². The zero-order chi connectivity index (χ0) is 16.9. The minimum absolute atomic E-state index is 0.102. The van der Waals surface area contributed by atoms with Crippen molar-refractivity contribution in [3.8, 4) is 0 Å². The van der Waals surface area contributed by atoms with Gasteiger partial charge in [-0.25, -0.2) is 4.79 Å². The number of hydrogen-bond donors (Lipinski definition) is 1. The van der Waals surface area contributed by atoms with Crippen molar-refractivity contribution in [2.45, 2.75) is 6.92 Å². The summed E-state index contributed by atoms with van der Waals surface area (Å²) in [5, 5.41) is 5.73. The summed E-state index contributed by atoms with van der Waals surface area (Å²) in [5.74, 6) is -0.515. The van der Waals surface area contributed by atoms with Crippen LogP contribution < -0.4 is 5.32 Å². The van der Waals surface area contributed by atoms with Gasteiger partial charge in [-0.1, -0.05) is 24.3 Å². The summed E-state index contributed by atoms with van der Waals surface area (Å²) in [4.78, 5) is 25.8. The van der Waals surface area contributed by atoms with Crippen molar-refractivity contribution in [1.29, 1.82) is 0 Å². The van der Waals surface area contributed by atoms with Crippen LogP contribution in [0.25, 0.3) is 0 Å². The summed E-state index contributed by atoms with van der Waals surface area (Å²) in [6.07, 6.45) is 0. The summed E-state index contributed by atoms with van der Waals surface area (Å²) >= 11 is 2.61. The predicted octanol–water partition coefficient (Wildman–Crippen LogP) is 4.96. The first-order chi connectivity index (χ1) is 11.7. The van der Waals surface area contributed by atoms with Crippen LogP contribution in [0.5, 0.6) is 0 Å². The Labute approximate surface area is 147 Å². The number of thiophene rings is 2. The van der Waals surface area contributed by atoms with E-state index in [9.17, 15) is 9.59 Å². The number of benzene rings is 1. The SMILES string of the molecule is CCOC(=O)c1cc(C(=O)c2cccs2)c(Nc2ccccc2)s1. The maximum atomic E-state index is 12.7. The van der Waals surface area contributed by atoms with E-state index in [-0.39, 0.29) is 5.78 Å². The Morgan fingerprint density at radius 1 is 1.08 bits per heavy atom. The fraction of sp³-hybridized carbons (Fsp3) is 0.111. The number of anilines is 2. The molecule has 122 valence electrons. The lowest BCUT2D eigenvalue weighted by molar-refractivity contribution is 0.0532. The molecule has 0 aliphatic heterocycles. The van der Waals surface area contributed by atoms with E-state index in [1.165, 1.54) is 22.7 Å². The molecule has 4 nitrogen and oxygen atoms in total. The Morgan fingerprint density at radius 2 is 1.88 bits per heavy atom. The monoisotopic (exact) mass is 357 g/mol. The Kier molecular flexibility index (Phi) is 5.08. The number of para-hydroxylation sites is 1. The summed E-state index contributed by atoms with van der Waals surface area (Å²) in [7, 11) is 0. The zero-order valence-corrected chi connectivity index (χ0v) is 14.6. The lowest BCUT2D eigenvalue weighted by Gasteiger charge is -2.05. The number of carbonyl (C=O) groups is 2. The number of esters is 1. The highest BCUT2D eigenvalue weighted by molar-refractivity contribution is 7.18. The Balaban J connectivity index is 1.98. The quantitative estimate of drug-likeness (QED) is 0.500. The molecule has 0 saturated carbocycles. The molecule has 0 fully saturated rings. The minimum Gasteiger partial charge on any atom is -0.462 e. The average Bonchev–Trinajstić information content (AvgIpc) is 3.25. The Morgan fingerprint density at radius 3 is 2.54 bits per heavy atom. The molecule has 3 aromatic rings. The summed E-state index contributed by atoms with van der Waals surface area (Å²) in [5.41, 5.74) is 1.34. The van der Waals surface area contributed by atoms with Crippen molar-refractivity contribution < 1.29 is 14.3 Å². The molecule has 3 rings (SSSR count). The standard InChI is InChI=1S/C18H15NO3S2/c1-2-22-18(21)15-11-13(16(20)14-9-6-10-23-14)17(24-15)19-12-7-4-3-5-8-12/h3-11,19H,2H2,1H3. The highest BCUT2D eigenvalue weighted by atomic mass is 32.1. The topological polar surface area (TPSA) is 55.4 Å². The molecule has 6 heteroatoms. The van der Waals surface area contributed by atoms with Crippen LogP contribution in [0, 0.1) is 0 Å². The van der Waals surface area contributed by atoms with Gasteiger partial charge in [-0.05, 0) is 36.6 Å². The Bertz CT molecular complexity index is 839. The van der Waals surface area contributed by atoms with E-state index in [0.29, 0.717) is 26.9 Å². The number of nitrogens with one attached hydrogen (secondary N) is 1. The first-order valence-electron chi connectivity index (χ1n) is 7.40. The first-order valence-corrected chi connectivity index (χ1v) is 9.10. The summed E-state index contributed by atoms with van der Waals surface area (Å²) in [6.45, 7) is 2.05. The van der Waals surface area contributed by atoms with Gasteiger partial charge in [0.15, 0.2) is 0 Å². The summed E-state index contributed by atoms with van der Waals surface area (Å²) < 4.78 is 5.05. The molecular weight excluding hydrogens is 342 g/mol. The van der Waals surface area contributed by atoms with Gasteiger partial charge < -0.3 is 10.1 Å². The van der Waals surface area contributed by atoms with E-state index in [2.05, 4.69) is 5.32 Å².